The number of benzene rings is 2. The maximum Gasteiger partial charge on any atom is 0.282 e. The van der Waals surface area contributed by atoms with Gasteiger partial charge in [-0.3, -0.25) is 4.79 Å². The quantitative estimate of drug-likeness (QED) is 0.794. The van der Waals surface area contributed by atoms with Crippen molar-refractivity contribution in [3.8, 4) is 0 Å². The Balaban J connectivity index is 1.92. The number of amides is 1. The maximum absolute atomic E-state index is 12.3. The number of halogens is 1. The summed E-state index contributed by atoms with van der Waals surface area (Å²) in [4.78, 5) is 12.3. The monoisotopic (exact) mass is 375 g/mol. The summed E-state index contributed by atoms with van der Waals surface area (Å²) in [5, 5.41) is 5.06. The highest BCUT2D eigenvalue weighted by atomic mass is 79.9. The number of carbonyl (C=O) groups is 1. The Morgan fingerprint density at radius 1 is 1.09 bits per heavy atom. The van der Waals surface area contributed by atoms with Crippen LogP contribution in [0.1, 0.15) is 37.9 Å². The lowest BCUT2D eigenvalue weighted by molar-refractivity contribution is -0.709. The van der Waals surface area contributed by atoms with Gasteiger partial charge in [0.15, 0.2) is 6.04 Å². The van der Waals surface area contributed by atoms with Gasteiger partial charge in [0, 0.05) is 15.7 Å². The van der Waals surface area contributed by atoms with Crippen LogP contribution in [0, 0.1) is 0 Å². The number of quaternary nitrogens is 1. The molecule has 0 heterocycles. The highest BCUT2D eigenvalue weighted by Crippen LogP contribution is 2.14. The summed E-state index contributed by atoms with van der Waals surface area (Å²) < 4.78 is 1.06. The number of nitrogens with one attached hydrogen (secondary N) is 1. The van der Waals surface area contributed by atoms with Crippen LogP contribution in [0.5, 0.6) is 0 Å². The second kappa shape index (κ2) is 8.27. The van der Waals surface area contributed by atoms with Crippen molar-refractivity contribution in [2.75, 3.05) is 5.32 Å². The number of rotatable bonds is 6. The van der Waals surface area contributed by atoms with E-state index >= 15 is 0 Å². The van der Waals surface area contributed by atoms with Gasteiger partial charge in [0.2, 0.25) is 0 Å². The van der Waals surface area contributed by atoms with Crippen LogP contribution < -0.4 is 10.6 Å². The van der Waals surface area contributed by atoms with Crippen molar-refractivity contribution < 1.29 is 10.1 Å². The third kappa shape index (κ3) is 5.19. The van der Waals surface area contributed by atoms with Crippen molar-refractivity contribution >= 4 is 27.5 Å². The summed E-state index contributed by atoms with van der Waals surface area (Å²) in [6.45, 7) is 6.17. The van der Waals surface area contributed by atoms with Crippen LogP contribution in [0.4, 0.5) is 5.69 Å². The molecule has 0 aromatic heterocycles. The normalized spacial score (nSPS) is 13.4. The van der Waals surface area contributed by atoms with Gasteiger partial charge in [0.05, 0.1) is 0 Å². The molecule has 0 spiro atoms. The first kappa shape index (κ1) is 17.7. The molecule has 0 radical (unpaired) electrons. The van der Waals surface area contributed by atoms with Crippen molar-refractivity contribution in [3.05, 3.63) is 64.1 Å². The Morgan fingerprint density at radius 2 is 1.70 bits per heavy atom. The van der Waals surface area contributed by atoms with Gasteiger partial charge in [-0.15, -0.1) is 0 Å². The standard InChI is InChI=1S/C19H23BrN2O/c1-4-15-5-11-18(12-6-15)22-19(23)14(3)21-13(2)16-7-9-17(20)10-8-16/h5-14,21H,4H2,1-3H3,(H,22,23)/p+1/t13-,14-/m0/s1. The molecule has 0 aliphatic rings. The van der Waals surface area contributed by atoms with E-state index in [1.165, 1.54) is 11.1 Å². The first-order chi connectivity index (χ1) is 11.0. The average Bonchev–Trinajstić information content (AvgIpc) is 2.56. The van der Waals surface area contributed by atoms with Crippen LogP contribution >= 0.6 is 15.9 Å². The summed E-state index contributed by atoms with van der Waals surface area (Å²) in [7, 11) is 0. The summed E-state index contributed by atoms with van der Waals surface area (Å²) in [5.74, 6) is 0.0261. The smallest absolute Gasteiger partial charge is 0.282 e. The molecule has 0 aliphatic carbocycles. The minimum atomic E-state index is -0.153. The molecule has 0 unspecified atom stereocenters. The number of hydrogen-bond donors (Lipinski definition) is 2. The largest absolute Gasteiger partial charge is 0.330 e. The molecule has 4 heteroatoms. The minimum Gasteiger partial charge on any atom is -0.330 e. The second-order valence-electron chi connectivity index (χ2n) is 5.86. The van der Waals surface area contributed by atoms with Crippen molar-refractivity contribution in [2.45, 2.75) is 39.3 Å². The Hall–Kier alpha value is -1.65. The van der Waals surface area contributed by atoms with Crippen LogP contribution in [0.15, 0.2) is 53.0 Å². The molecular weight excluding hydrogens is 352 g/mol. The molecule has 0 saturated carbocycles. The molecule has 1 amide bonds. The third-order valence-electron chi connectivity index (χ3n) is 4.02. The first-order valence-electron chi connectivity index (χ1n) is 8.00. The van der Waals surface area contributed by atoms with E-state index in [0.717, 1.165) is 16.6 Å². The molecule has 122 valence electrons. The molecule has 3 N–H and O–H groups in total. The molecule has 2 atom stereocenters. The highest BCUT2D eigenvalue weighted by molar-refractivity contribution is 9.10. The van der Waals surface area contributed by atoms with Crippen LogP contribution in [0.2, 0.25) is 0 Å². The maximum atomic E-state index is 12.3. The summed E-state index contributed by atoms with van der Waals surface area (Å²) in [5.41, 5.74) is 3.33. The number of hydrogen-bond acceptors (Lipinski definition) is 1. The molecule has 0 fully saturated rings. The predicted molar refractivity (Wildman–Crippen MR) is 98.4 cm³/mol. The second-order valence-corrected chi connectivity index (χ2v) is 6.78. The van der Waals surface area contributed by atoms with Crippen LogP contribution in [0.3, 0.4) is 0 Å². The minimum absolute atomic E-state index is 0.0261. The average molecular weight is 376 g/mol. The number of aryl methyl sites for hydroxylation is 1. The molecule has 2 rings (SSSR count). The molecule has 0 bridgehead atoms. The Bertz CT molecular complexity index is 637. The number of anilines is 1. The van der Waals surface area contributed by atoms with Gasteiger partial charge in [0.25, 0.3) is 5.91 Å². The highest BCUT2D eigenvalue weighted by Gasteiger charge is 2.20. The van der Waals surface area contributed by atoms with Crippen LogP contribution in [0.25, 0.3) is 0 Å². The zero-order valence-electron chi connectivity index (χ0n) is 13.8. The lowest BCUT2D eigenvalue weighted by Crippen LogP contribution is -2.91. The molecule has 23 heavy (non-hydrogen) atoms. The van der Waals surface area contributed by atoms with Gasteiger partial charge in [-0.25, -0.2) is 0 Å². The molecule has 2 aromatic rings. The molecule has 2 aromatic carbocycles. The Kier molecular flexibility index (Phi) is 6.37. The first-order valence-corrected chi connectivity index (χ1v) is 8.79. The fraction of sp³-hybridized carbons (Fsp3) is 0.316. The third-order valence-corrected chi connectivity index (χ3v) is 4.55. The van der Waals surface area contributed by atoms with Gasteiger partial charge >= 0.3 is 0 Å². The molecular formula is C19H24BrN2O+. The van der Waals surface area contributed by atoms with Crippen molar-refractivity contribution in [1.29, 1.82) is 0 Å². The summed E-state index contributed by atoms with van der Waals surface area (Å²) in [6.07, 6.45) is 1.00. The van der Waals surface area contributed by atoms with Crippen LogP contribution in [-0.2, 0) is 11.2 Å². The lowest BCUT2D eigenvalue weighted by Gasteiger charge is -2.17. The SMILES string of the molecule is CCc1ccc(NC(=O)[C@H](C)[NH2+][C@@H](C)c2ccc(Br)cc2)cc1. The molecule has 0 saturated heterocycles. The lowest BCUT2D eigenvalue weighted by atomic mass is 10.1. The topological polar surface area (TPSA) is 45.7 Å². The van der Waals surface area contributed by atoms with Gasteiger partial charge in [-0.2, -0.15) is 0 Å². The Morgan fingerprint density at radius 3 is 2.26 bits per heavy atom. The van der Waals surface area contributed by atoms with Gasteiger partial charge < -0.3 is 10.6 Å². The molecule has 0 aliphatic heterocycles. The van der Waals surface area contributed by atoms with Crippen LogP contribution in [-0.4, -0.2) is 11.9 Å². The summed E-state index contributed by atoms with van der Waals surface area (Å²) in [6, 6.07) is 16.3. The van der Waals surface area contributed by atoms with E-state index < -0.39 is 0 Å². The molecule has 3 nitrogen and oxygen atoms in total. The zero-order valence-corrected chi connectivity index (χ0v) is 15.4. The summed E-state index contributed by atoms with van der Waals surface area (Å²) >= 11 is 3.44. The van der Waals surface area contributed by atoms with Gasteiger partial charge in [0.1, 0.15) is 6.04 Å². The number of carbonyl (C=O) groups excluding carboxylic acids is 1. The van der Waals surface area contributed by atoms with E-state index in [-0.39, 0.29) is 18.0 Å². The fourth-order valence-electron chi connectivity index (χ4n) is 2.48. The van der Waals surface area contributed by atoms with Crippen molar-refractivity contribution in [2.24, 2.45) is 0 Å². The van der Waals surface area contributed by atoms with E-state index in [4.69, 9.17) is 0 Å². The van der Waals surface area contributed by atoms with E-state index in [9.17, 15) is 4.79 Å². The van der Waals surface area contributed by atoms with Gasteiger partial charge in [-0.05, 0) is 50.1 Å². The van der Waals surface area contributed by atoms with Crippen molar-refractivity contribution in [3.63, 3.8) is 0 Å². The van der Waals surface area contributed by atoms with E-state index in [2.05, 4.69) is 64.7 Å². The number of nitrogens with two attached hydrogens (primary N) is 1. The predicted octanol–water partition coefficient (Wildman–Crippen LogP) is 3.66. The van der Waals surface area contributed by atoms with Crippen molar-refractivity contribution in [1.82, 2.24) is 0 Å². The Labute approximate surface area is 146 Å². The fourth-order valence-corrected chi connectivity index (χ4v) is 2.74. The van der Waals surface area contributed by atoms with E-state index in [0.29, 0.717) is 0 Å². The van der Waals surface area contributed by atoms with Gasteiger partial charge in [-0.1, -0.05) is 47.1 Å². The van der Waals surface area contributed by atoms with E-state index in [1.54, 1.807) is 0 Å². The van der Waals surface area contributed by atoms with E-state index in [1.807, 2.05) is 31.2 Å². The zero-order chi connectivity index (χ0) is 16.8.